The summed E-state index contributed by atoms with van der Waals surface area (Å²) in [5.74, 6) is -0.0326. The molecule has 3 N–H and O–H groups in total. The lowest BCUT2D eigenvalue weighted by atomic mass is 10.1. The van der Waals surface area contributed by atoms with Crippen LogP contribution in [0.5, 0.6) is 0 Å². The summed E-state index contributed by atoms with van der Waals surface area (Å²) in [5.41, 5.74) is 7.24. The van der Waals surface area contributed by atoms with Crippen LogP contribution in [0.2, 0.25) is 0 Å². The summed E-state index contributed by atoms with van der Waals surface area (Å²) in [6.07, 6.45) is 0.294. The van der Waals surface area contributed by atoms with Crippen molar-refractivity contribution in [3.8, 4) is 0 Å². The number of nitrogens with two attached hydrogens (primary N) is 1. The van der Waals surface area contributed by atoms with Crippen LogP contribution in [-0.2, 0) is 20.7 Å². The van der Waals surface area contributed by atoms with Crippen LogP contribution in [0.1, 0.15) is 5.56 Å². The Morgan fingerprint density at radius 1 is 1.44 bits per heavy atom. The zero-order valence-electron chi connectivity index (χ0n) is 10.2. The molecule has 0 aromatic heterocycles. The van der Waals surface area contributed by atoms with E-state index in [0.29, 0.717) is 38.5 Å². The lowest BCUT2D eigenvalue weighted by Gasteiger charge is -2.23. The summed E-state index contributed by atoms with van der Waals surface area (Å²) in [6.45, 7) is 2.25. The highest BCUT2D eigenvalue weighted by Crippen LogP contribution is 2.07. The van der Waals surface area contributed by atoms with Gasteiger partial charge in [-0.05, 0) is 17.7 Å². The second-order valence-electron chi connectivity index (χ2n) is 4.29. The van der Waals surface area contributed by atoms with Gasteiger partial charge in [-0.1, -0.05) is 12.1 Å². The molecule has 0 radical (unpaired) electrons. The van der Waals surface area contributed by atoms with Crippen LogP contribution in [-0.4, -0.2) is 38.4 Å². The fourth-order valence-corrected chi connectivity index (χ4v) is 1.83. The van der Waals surface area contributed by atoms with Crippen molar-refractivity contribution in [2.24, 2.45) is 0 Å². The van der Waals surface area contributed by atoms with Crippen LogP contribution in [0.15, 0.2) is 24.3 Å². The molecule has 2 rings (SSSR count). The number of benzene rings is 1. The van der Waals surface area contributed by atoms with Crippen molar-refractivity contribution >= 4 is 11.6 Å². The fourth-order valence-electron chi connectivity index (χ4n) is 1.83. The molecule has 0 spiro atoms. The van der Waals surface area contributed by atoms with Crippen LogP contribution in [0.3, 0.4) is 0 Å². The second-order valence-corrected chi connectivity index (χ2v) is 4.29. The summed E-state index contributed by atoms with van der Waals surface area (Å²) in [5, 5.41) is 2.84. The molecule has 18 heavy (non-hydrogen) atoms. The van der Waals surface area contributed by atoms with E-state index in [9.17, 15) is 4.79 Å². The Morgan fingerprint density at radius 2 is 2.33 bits per heavy atom. The third-order valence-electron chi connectivity index (χ3n) is 2.73. The monoisotopic (exact) mass is 250 g/mol. The Kier molecular flexibility index (Phi) is 4.55. The zero-order chi connectivity index (χ0) is 12.8. The number of hydrogen-bond acceptors (Lipinski definition) is 4. The Balaban J connectivity index is 1.74. The first kappa shape index (κ1) is 12.9. The van der Waals surface area contributed by atoms with Crippen molar-refractivity contribution in [3.63, 3.8) is 0 Å². The number of rotatable bonds is 4. The van der Waals surface area contributed by atoms with Gasteiger partial charge in [-0.3, -0.25) is 4.79 Å². The molecule has 1 aliphatic rings. The number of carbonyl (C=O) groups excluding carboxylic acids is 1. The molecule has 0 bridgehead atoms. The summed E-state index contributed by atoms with van der Waals surface area (Å²) < 4.78 is 10.7. The Bertz CT molecular complexity index is 403. The highest BCUT2D eigenvalue weighted by Gasteiger charge is 2.15. The first-order valence-corrected chi connectivity index (χ1v) is 6.04. The van der Waals surface area contributed by atoms with E-state index in [-0.39, 0.29) is 12.0 Å². The zero-order valence-corrected chi connectivity index (χ0v) is 10.2. The van der Waals surface area contributed by atoms with Crippen molar-refractivity contribution < 1.29 is 14.3 Å². The predicted molar refractivity (Wildman–Crippen MR) is 68.1 cm³/mol. The lowest BCUT2D eigenvalue weighted by molar-refractivity contribution is -0.123. The Hall–Kier alpha value is -1.59. The van der Waals surface area contributed by atoms with E-state index in [4.69, 9.17) is 15.2 Å². The summed E-state index contributed by atoms with van der Waals surface area (Å²) >= 11 is 0. The van der Waals surface area contributed by atoms with Gasteiger partial charge in [0.05, 0.1) is 32.3 Å². The van der Waals surface area contributed by atoms with Gasteiger partial charge < -0.3 is 20.5 Å². The van der Waals surface area contributed by atoms with Gasteiger partial charge in [0.1, 0.15) is 0 Å². The molecule has 5 nitrogen and oxygen atoms in total. The minimum absolute atomic E-state index is 0.0326. The van der Waals surface area contributed by atoms with E-state index in [0.717, 1.165) is 5.56 Å². The van der Waals surface area contributed by atoms with Crippen molar-refractivity contribution in [2.45, 2.75) is 12.5 Å². The molecule has 0 aliphatic carbocycles. The molecule has 1 amide bonds. The minimum Gasteiger partial charge on any atom is -0.399 e. The van der Waals surface area contributed by atoms with Crippen molar-refractivity contribution in [1.82, 2.24) is 5.32 Å². The molecule has 1 aromatic rings. The van der Waals surface area contributed by atoms with E-state index in [2.05, 4.69) is 5.32 Å². The molecule has 1 saturated heterocycles. The quantitative estimate of drug-likeness (QED) is 0.756. The van der Waals surface area contributed by atoms with Crippen LogP contribution in [0.4, 0.5) is 5.69 Å². The van der Waals surface area contributed by atoms with Crippen molar-refractivity contribution in [3.05, 3.63) is 29.8 Å². The van der Waals surface area contributed by atoms with Gasteiger partial charge in [0, 0.05) is 12.2 Å². The van der Waals surface area contributed by atoms with Gasteiger partial charge in [0.15, 0.2) is 0 Å². The number of anilines is 1. The minimum atomic E-state index is -0.0384. The second kappa shape index (κ2) is 6.37. The van der Waals surface area contributed by atoms with Crippen LogP contribution in [0.25, 0.3) is 0 Å². The number of amides is 1. The van der Waals surface area contributed by atoms with Gasteiger partial charge in [-0.25, -0.2) is 0 Å². The molecular weight excluding hydrogens is 232 g/mol. The van der Waals surface area contributed by atoms with Gasteiger partial charge in [0.2, 0.25) is 5.91 Å². The normalized spacial score (nSPS) is 19.4. The number of ether oxygens (including phenoxy) is 2. The SMILES string of the molecule is Nc1cccc(CC(=O)NCC2COCCO2)c1. The summed E-state index contributed by atoms with van der Waals surface area (Å²) in [6, 6.07) is 7.33. The van der Waals surface area contributed by atoms with Crippen LogP contribution in [0, 0.1) is 0 Å². The van der Waals surface area contributed by atoms with Crippen molar-refractivity contribution in [1.29, 1.82) is 0 Å². The smallest absolute Gasteiger partial charge is 0.224 e. The highest BCUT2D eigenvalue weighted by atomic mass is 16.6. The highest BCUT2D eigenvalue weighted by molar-refractivity contribution is 5.78. The lowest BCUT2D eigenvalue weighted by Crippen LogP contribution is -2.40. The third-order valence-corrected chi connectivity index (χ3v) is 2.73. The molecule has 1 heterocycles. The molecule has 0 saturated carbocycles. The van der Waals surface area contributed by atoms with E-state index in [1.165, 1.54) is 0 Å². The molecule has 1 aliphatic heterocycles. The number of nitrogen functional groups attached to an aromatic ring is 1. The average Bonchev–Trinajstić information content (AvgIpc) is 2.38. The van der Waals surface area contributed by atoms with Gasteiger partial charge in [-0.15, -0.1) is 0 Å². The maximum Gasteiger partial charge on any atom is 0.224 e. The largest absolute Gasteiger partial charge is 0.399 e. The first-order chi connectivity index (χ1) is 8.74. The number of carbonyl (C=O) groups is 1. The fraction of sp³-hybridized carbons (Fsp3) is 0.462. The maximum absolute atomic E-state index is 11.7. The average molecular weight is 250 g/mol. The maximum atomic E-state index is 11.7. The van der Waals surface area contributed by atoms with E-state index < -0.39 is 0 Å². The first-order valence-electron chi connectivity index (χ1n) is 6.04. The topological polar surface area (TPSA) is 73.6 Å². The molecule has 1 atom stereocenters. The van der Waals surface area contributed by atoms with E-state index in [1.807, 2.05) is 12.1 Å². The molecule has 98 valence electrons. The molecule has 1 unspecified atom stereocenters. The van der Waals surface area contributed by atoms with Crippen LogP contribution >= 0.6 is 0 Å². The van der Waals surface area contributed by atoms with Gasteiger partial charge in [0.25, 0.3) is 0 Å². The number of nitrogens with one attached hydrogen (secondary N) is 1. The summed E-state index contributed by atoms with van der Waals surface area (Å²) in [4.78, 5) is 11.7. The third kappa shape index (κ3) is 4.01. The molecular formula is C13H18N2O3. The van der Waals surface area contributed by atoms with Crippen molar-refractivity contribution in [2.75, 3.05) is 32.1 Å². The summed E-state index contributed by atoms with van der Waals surface area (Å²) in [7, 11) is 0. The Morgan fingerprint density at radius 3 is 3.06 bits per heavy atom. The predicted octanol–water partition coefficient (Wildman–Crippen LogP) is 0.343. The molecule has 1 fully saturated rings. The van der Waals surface area contributed by atoms with Gasteiger partial charge in [-0.2, -0.15) is 0 Å². The van der Waals surface area contributed by atoms with Gasteiger partial charge >= 0.3 is 0 Å². The van der Waals surface area contributed by atoms with E-state index >= 15 is 0 Å². The molecule has 1 aromatic carbocycles. The van der Waals surface area contributed by atoms with E-state index in [1.54, 1.807) is 12.1 Å². The standard InChI is InChI=1S/C13H18N2O3/c14-11-3-1-2-10(6-11)7-13(16)15-8-12-9-17-4-5-18-12/h1-3,6,12H,4-5,7-9,14H2,(H,15,16). The van der Waals surface area contributed by atoms with Crippen LogP contribution < -0.4 is 11.1 Å². The Labute approximate surface area is 106 Å². The number of hydrogen-bond donors (Lipinski definition) is 2. The molecule has 5 heteroatoms.